The molecule has 1 aliphatic rings. The van der Waals surface area contributed by atoms with Crippen molar-refractivity contribution < 1.29 is 18.6 Å². The molecule has 1 fully saturated rings. The Bertz CT molecular complexity index is 312. The smallest absolute Gasteiger partial charge is 0.212 e. The summed E-state index contributed by atoms with van der Waals surface area (Å²) in [5, 5.41) is 18.4. The molecule has 102 valence electrons. The van der Waals surface area contributed by atoms with Crippen LogP contribution in [0.1, 0.15) is 39.0 Å². The quantitative estimate of drug-likeness (QED) is 0.586. The monoisotopic (exact) mass is 265 g/mol. The highest BCUT2D eigenvalue weighted by molar-refractivity contribution is 7.89. The van der Waals surface area contributed by atoms with Gasteiger partial charge >= 0.3 is 0 Å². The number of rotatable bonds is 8. The molecular weight excluding hydrogens is 242 g/mol. The highest BCUT2D eigenvalue weighted by Gasteiger charge is 2.32. The van der Waals surface area contributed by atoms with E-state index in [9.17, 15) is 18.6 Å². The molecule has 1 saturated carbocycles. The predicted octanol–water partition coefficient (Wildman–Crippen LogP) is 0.229. The fraction of sp³-hybridized carbons (Fsp3) is 1.00. The minimum atomic E-state index is -3.42. The van der Waals surface area contributed by atoms with Gasteiger partial charge in [0, 0.05) is 0 Å². The van der Waals surface area contributed by atoms with Crippen molar-refractivity contribution in [1.29, 1.82) is 0 Å². The number of aliphatic hydroxyl groups excluding tert-OH is 2. The lowest BCUT2D eigenvalue weighted by Gasteiger charge is -2.30. The molecule has 0 aliphatic heterocycles. The van der Waals surface area contributed by atoms with Crippen LogP contribution in [0.4, 0.5) is 0 Å². The maximum atomic E-state index is 11.8. The molecular formula is C11H23NO4S. The molecule has 0 spiro atoms. The zero-order valence-corrected chi connectivity index (χ0v) is 11.2. The Balaban J connectivity index is 2.50. The van der Waals surface area contributed by atoms with Gasteiger partial charge in [0.1, 0.15) is 0 Å². The van der Waals surface area contributed by atoms with Gasteiger partial charge in [-0.05, 0) is 18.8 Å². The molecule has 17 heavy (non-hydrogen) atoms. The number of hydrogen-bond donors (Lipinski definition) is 3. The lowest BCUT2D eigenvalue weighted by Crippen LogP contribution is -2.54. The minimum Gasteiger partial charge on any atom is -0.394 e. The Hall–Kier alpha value is -0.170. The number of nitrogens with one attached hydrogen (secondary N) is 1. The fourth-order valence-corrected chi connectivity index (χ4v) is 3.57. The van der Waals surface area contributed by atoms with Gasteiger partial charge < -0.3 is 10.2 Å². The van der Waals surface area contributed by atoms with Crippen LogP contribution in [0.5, 0.6) is 0 Å². The van der Waals surface area contributed by atoms with Gasteiger partial charge in [-0.1, -0.05) is 26.2 Å². The summed E-state index contributed by atoms with van der Waals surface area (Å²) < 4.78 is 26.1. The highest BCUT2D eigenvalue weighted by Crippen LogP contribution is 2.29. The first kappa shape index (κ1) is 14.9. The summed E-state index contributed by atoms with van der Waals surface area (Å²) in [4.78, 5) is 0. The molecule has 0 unspecified atom stereocenters. The van der Waals surface area contributed by atoms with E-state index in [1.165, 1.54) is 6.42 Å². The van der Waals surface area contributed by atoms with Crippen molar-refractivity contribution in [3.8, 4) is 0 Å². The first-order valence-electron chi connectivity index (χ1n) is 6.20. The van der Waals surface area contributed by atoms with E-state index in [1.807, 2.05) is 0 Å². The third kappa shape index (κ3) is 4.21. The second-order valence-corrected chi connectivity index (χ2v) is 6.80. The van der Waals surface area contributed by atoms with Crippen LogP contribution in [-0.2, 0) is 10.0 Å². The summed E-state index contributed by atoms with van der Waals surface area (Å²) in [6, 6.07) is 0. The van der Waals surface area contributed by atoms with Crippen molar-refractivity contribution in [2.24, 2.45) is 5.92 Å². The molecule has 0 saturated heterocycles. The normalized spacial score (nSPS) is 18.1. The Kier molecular flexibility index (Phi) is 5.37. The standard InChI is InChI=1S/C11H23NO4S/c1-2-11(8-13,9-14)12-17(15,16)7-6-10-4-3-5-10/h10,12-14H,2-9H2,1H3. The Morgan fingerprint density at radius 3 is 2.24 bits per heavy atom. The number of sulfonamides is 1. The molecule has 3 N–H and O–H groups in total. The SMILES string of the molecule is CCC(CO)(CO)NS(=O)(=O)CCC1CCC1. The van der Waals surface area contributed by atoms with Gasteiger partial charge in [-0.3, -0.25) is 0 Å². The summed E-state index contributed by atoms with van der Waals surface area (Å²) in [6.07, 6.45) is 4.47. The van der Waals surface area contributed by atoms with Gasteiger partial charge in [-0.15, -0.1) is 0 Å². The van der Waals surface area contributed by atoms with Crippen LogP contribution in [0.15, 0.2) is 0 Å². The van der Waals surface area contributed by atoms with Crippen LogP contribution in [0, 0.1) is 5.92 Å². The van der Waals surface area contributed by atoms with Crippen molar-refractivity contribution in [3.63, 3.8) is 0 Å². The van der Waals surface area contributed by atoms with E-state index in [-0.39, 0.29) is 19.0 Å². The van der Waals surface area contributed by atoms with Gasteiger partial charge in [0.15, 0.2) is 0 Å². The second kappa shape index (κ2) is 6.13. The second-order valence-electron chi connectivity index (χ2n) is 4.96. The third-order valence-corrected chi connectivity index (χ3v) is 5.19. The lowest BCUT2D eigenvalue weighted by molar-refractivity contribution is 0.105. The van der Waals surface area contributed by atoms with Crippen molar-refractivity contribution in [1.82, 2.24) is 4.72 Å². The Morgan fingerprint density at radius 1 is 1.29 bits per heavy atom. The zero-order chi connectivity index (χ0) is 12.9. The lowest BCUT2D eigenvalue weighted by atomic mass is 9.84. The summed E-state index contributed by atoms with van der Waals surface area (Å²) in [5.74, 6) is 0.616. The maximum Gasteiger partial charge on any atom is 0.212 e. The van der Waals surface area contributed by atoms with Crippen LogP contribution in [0.2, 0.25) is 0 Å². The van der Waals surface area contributed by atoms with E-state index in [4.69, 9.17) is 0 Å². The van der Waals surface area contributed by atoms with Crippen LogP contribution >= 0.6 is 0 Å². The molecule has 0 aromatic carbocycles. The van der Waals surface area contributed by atoms with Gasteiger partial charge in [0.2, 0.25) is 10.0 Å². The van der Waals surface area contributed by atoms with Crippen LogP contribution in [0.3, 0.4) is 0 Å². The Labute approximate surface area is 103 Å². The summed E-state index contributed by atoms with van der Waals surface area (Å²) in [7, 11) is -3.42. The third-order valence-electron chi connectivity index (χ3n) is 3.67. The van der Waals surface area contributed by atoms with E-state index in [0.717, 1.165) is 12.8 Å². The van der Waals surface area contributed by atoms with E-state index >= 15 is 0 Å². The molecule has 0 atom stereocenters. The number of hydrogen-bond acceptors (Lipinski definition) is 4. The highest BCUT2D eigenvalue weighted by atomic mass is 32.2. The molecule has 6 heteroatoms. The van der Waals surface area contributed by atoms with Crippen LogP contribution in [-0.4, -0.2) is 43.1 Å². The largest absolute Gasteiger partial charge is 0.394 e. The molecule has 1 rings (SSSR count). The average Bonchev–Trinajstić information content (AvgIpc) is 2.24. The molecule has 0 radical (unpaired) electrons. The van der Waals surface area contributed by atoms with E-state index in [0.29, 0.717) is 18.8 Å². The molecule has 1 aliphatic carbocycles. The first-order chi connectivity index (χ1) is 7.97. The van der Waals surface area contributed by atoms with E-state index in [2.05, 4.69) is 4.72 Å². The maximum absolute atomic E-state index is 11.8. The van der Waals surface area contributed by atoms with Crippen LogP contribution in [0.25, 0.3) is 0 Å². The van der Waals surface area contributed by atoms with Crippen molar-refractivity contribution >= 4 is 10.0 Å². The number of aliphatic hydroxyl groups is 2. The fourth-order valence-electron chi connectivity index (χ4n) is 1.89. The van der Waals surface area contributed by atoms with Gasteiger partial charge in [-0.2, -0.15) is 0 Å². The average molecular weight is 265 g/mol. The summed E-state index contributed by atoms with van der Waals surface area (Å²) in [6.45, 7) is 0.964. The summed E-state index contributed by atoms with van der Waals surface area (Å²) in [5.41, 5.74) is -1.11. The van der Waals surface area contributed by atoms with Crippen molar-refractivity contribution in [2.75, 3.05) is 19.0 Å². The van der Waals surface area contributed by atoms with E-state index < -0.39 is 15.6 Å². The van der Waals surface area contributed by atoms with Crippen molar-refractivity contribution in [3.05, 3.63) is 0 Å². The Morgan fingerprint density at radius 2 is 1.88 bits per heavy atom. The topological polar surface area (TPSA) is 86.6 Å². The molecule has 0 amide bonds. The van der Waals surface area contributed by atoms with Gasteiger partial charge in [-0.25, -0.2) is 13.1 Å². The summed E-state index contributed by atoms with van der Waals surface area (Å²) >= 11 is 0. The van der Waals surface area contributed by atoms with Gasteiger partial charge in [0.25, 0.3) is 0 Å². The molecule has 5 nitrogen and oxygen atoms in total. The zero-order valence-electron chi connectivity index (χ0n) is 10.4. The molecule has 0 heterocycles. The first-order valence-corrected chi connectivity index (χ1v) is 7.85. The minimum absolute atomic E-state index is 0.0828. The molecule has 0 aromatic rings. The molecule has 0 aromatic heterocycles. The van der Waals surface area contributed by atoms with Crippen molar-refractivity contribution in [2.45, 2.75) is 44.6 Å². The van der Waals surface area contributed by atoms with Crippen LogP contribution < -0.4 is 4.72 Å². The van der Waals surface area contributed by atoms with Gasteiger partial charge in [0.05, 0.1) is 24.5 Å². The van der Waals surface area contributed by atoms with E-state index in [1.54, 1.807) is 6.92 Å². The molecule has 0 bridgehead atoms. The predicted molar refractivity (Wildman–Crippen MR) is 66.1 cm³/mol.